The second-order valence-corrected chi connectivity index (χ2v) is 10.2. The molecule has 3 aromatic rings. The van der Waals surface area contributed by atoms with Gasteiger partial charge >= 0.3 is 0 Å². The quantitative estimate of drug-likeness (QED) is 0.245. The van der Waals surface area contributed by atoms with Crippen LogP contribution in [0.3, 0.4) is 0 Å². The van der Waals surface area contributed by atoms with Crippen LogP contribution < -0.4 is 29.6 Å². The molecule has 0 bridgehead atoms. The van der Waals surface area contributed by atoms with Crippen LogP contribution in [0.25, 0.3) is 0 Å². The second kappa shape index (κ2) is 11.3. The molecule has 1 aromatic heterocycles. The van der Waals surface area contributed by atoms with E-state index >= 15 is 0 Å². The third-order valence-electron chi connectivity index (χ3n) is 7.01. The molecular formula is C29H31N3O9. The van der Waals surface area contributed by atoms with Crippen molar-refractivity contribution in [3.05, 3.63) is 58.7 Å². The van der Waals surface area contributed by atoms with Crippen molar-refractivity contribution in [1.82, 2.24) is 15.6 Å². The minimum absolute atomic E-state index is 0.0653. The molecule has 0 saturated heterocycles. The number of aromatic nitrogens is 1. The highest BCUT2D eigenvalue weighted by Gasteiger charge is 2.32. The van der Waals surface area contributed by atoms with E-state index in [4.69, 9.17) is 18.9 Å². The molecule has 0 aliphatic carbocycles. The Morgan fingerprint density at radius 3 is 2.24 bits per heavy atom. The van der Waals surface area contributed by atoms with Crippen molar-refractivity contribution in [2.24, 2.45) is 5.92 Å². The minimum atomic E-state index is -1.01. The largest absolute Gasteiger partial charge is 0.494 e. The predicted molar refractivity (Wildman–Crippen MR) is 145 cm³/mol. The fourth-order valence-electron chi connectivity index (χ4n) is 4.78. The van der Waals surface area contributed by atoms with Gasteiger partial charge in [0.05, 0.1) is 24.1 Å². The third-order valence-corrected chi connectivity index (χ3v) is 7.01. The lowest BCUT2D eigenvalue weighted by Crippen LogP contribution is -2.45. The lowest BCUT2D eigenvalue weighted by Gasteiger charge is -2.25. The molecule has 2 atom stereocenters. The fraction of sp³-hybridized carbons (Fsp3) is 0.345. The number of hydrogen-bond acceptors (Lipinski definition) is 9. The molecule has 0 fully saturated rings. The summed E-state index contributed by atoms with van der Waals surface area (Å²) in [6.07, 6.45) is -0.213. The number of aromatic hydroxyl groups is 2. The van der Waals surface area contributed by atoms with E-state index in [2.05, 4.69) is 15.6 Å². The summed E-state index contributed by atoms with van der Waals surface area (Å²) in [6.45, 7) is 5.84. The summed E-state index contributed by atoms with van der Waals surface area (Å²) in [5.74, 6) is -0.649. The topological polar surface area (TPSA) is 168 Å². The summed E-state index contributed by atoms with van der Waals surface area (Å²) in [7, 11) is 0. The first kappa shape index (κ1) is 27.7. The Morgan fingerprint density at radius 1 is 0.878 bits per heavy atom. The van der Waals surface area contributed by atoms with E-state index in [0.717, 1.165) is 0 Å². The van der Waals surface area contributed by atoms with E-state index < -0.39 is 35.6 Å². The maximum absolute atomic E-state index is 13.4. The average molecular weight is 566 g/mol. The smallest absolute Gasteiger partial charge is 0.251 e. The van der Waals surface area contributed by atoms with Crippen molar-refractivity contribution in [1.29, 1.82) is 0 Å². The van der Waals surface area contributed by atoms with Crippen molar-refractivity contribution in [3.63, 3.8) is 0 Å². The number of carbonyl (C=O) groups is 3. The standard InChI is InChI=1S/C29H31N3O9/c1-14(2)25(26(34)24-15(3)27(35)32-29(24)37)31-23(33)12-18(16-4-6-19-21(10-16)39-9-8-38-19)30-28(36)17-5-7-20-22(11-17)41-13-40-20/h4-7,10-11,14,18,25,32,35,37H,8-9,12-13H2,1-3H3,(H,30,36)(H,31,33)/t18?,25-/m0/s1. The number of Topliss-reactive ketones (excluding diaryl/α,β-unsaturated/α-hetero) is 1. The number of carbonyl (C=O) groups excluding carboxylic acids is 3. The third kappa shape index (κ3) is 5.72. The van der Waals surface area contributed by atoms with E-state index in [1.165, 1.54) is 6.92 Å². The number of ketones is 1. The fourth-order valence-corrected chi connectivity index (χ4v) is 4.78. The van der Waals surface area contributed by atoms with Gasteiger partial charge in [0.25, 0.3) is 5.91 Å². The van der Waals surface area contributed by atoms with Gasteiger partial charge in [-0.05, 0) is 48.7 Å². The van der Waals surface area contributed by atoms with Crippen LogP contribution in [-0.2, 0) is 4.79 Å². The van der Waals surface area contributed by atoms with E-state index in [9.17, 15) is 24.6 Å². The molecule has 2 amide bonds. The lowest BCUT2D eigenvalue weighted by molar-refractivity contribution is -0.122. The van der Waals surface area contributed by atoms with Gasteiger partial charge < -0.3 is 39.8 Å². The summed E-state index contributed by atoms with van der Waals surface area (Å²) in [5.41, 5.74) is 0.985. The van der Waals surface area contributed by atoms with Crippen LogP contribution in [0.5, 0.6) is 34.8 Å². The second-order valence-electron chi connectivity index (χ2n) is 10.2. The Morgan fingerprint density at radius 2 is 1.54 bits per heavy atom. The van der Waals surface area contributed by atoms with Crippen molar-refractivity contribution < 1.29 is 43.5 Å². The molecule has 12 heteroatoms. The monoisotopic (exact) mass is 565 g/mol. The van der Waals surface area contributed by atoms with Gasteiger partial charge in [0, 0.05) is 11.1 Å². The van der Waals surface area contributed by atoms with Crippen LogP contribution in [0.4, 0.5) is 0 Å². The van der Waals surface area contributed by atoms with Gasteiger partial charge in [0.2, 0.25) is 18.6 Å². The molecular weight excluding hydrogens is 534 g/mol. The average Bonchev–Trinajstić information content (AvgIpc) is 3.52. The number of hydrogen-bond donors (Lipinski definition) is 5. The highest BCUT2D eigenvalue weighted by Crippen LogP contribution is 2.35. The van der Waals surface area contributed by atoms with Crippen molar-refractivity contribution in [2.45, 2.75) is 39.3 Å². The van der Waals surface area contributed by atoms with Gasteiger partial charge in [-0.2, -0.15) is 0 Å². The van der Waals surface area contributed by atoms with Crippen LogP contribution in [0, 0.1) is 12.8 Å². The molecule has 41 heavy (non-hydrogen) atoms. The Kier molecular flexibility index (Phi) is 7.64. The summed E-state index contributed by atoms with van der Waals surface area (Å²) < 4.78 is 22.0. The van der Waals surface area contributed by atoms with E-state index in [1.54, 1.807) is 50.2 Å². The van der Waals surface area contributed by atoms with Crippen LogP contribution in [0.15, 0.2) is 36.4 Å². The maximum Gasteiger partial charge on any atom is 0.251 e. The normalized spacial score (nSPS) is 14.8. The number of benzene rings is 2. The molecule has 2 aliphatic rings. The molecule has 2 aromatic carbocycles. The molecule has 12 nitrogen and oxygen atoms in total. The van der Waals surface area contributed by atoms with E-state index in [1.807, 2.05) is 0 Å². The first-order valence-electron chi connectivity index (χ1n) is 13.2. The molecule has 216 valence electrons. The van der Waals surface area contributed by atoms with E-state index in [0.29, 0.717) is 47.3 Å². The van der Waals surface area contributed by atoms with Gasteiger partial charge in [0.1, 0.15) is 13.2 Å². The van der Waals surface area contributed by atoms with Gasteiger partial charge in [0.15, 0.2) is 34.7 Å². The van der Waals surface area contributed by atoms with Gasteiger partial charge in [-0.25, -0.2) is 0 Å². The Bertz CT molecular complexity index is 1500. The molecule has 2 aliphatic heterocycles. The number of H-pyrrole nitrogens is 1. The highest BCUT2D eigenvalue weighted by molar-refractivity contribution is 6.05. The zero-order chi connectivity index (χ0) is 29.3. The number of ether oxygens (including phenoxy) is 4. The van der Waals surface area contributed by atoms with Crippen molar-refractivity contribution >= 4 is 17.6 Å². The van der Waals surface area contributed by atoms with E-state index in [-0.39, 0.29) is 36.1 Å². The number of aromatic amines is 1. The summed E-state index contributed by atoms with van der Waals surface area (Å²) in [6, 6.07) is 8.14. The Labute approximate surface area is 235 Å². The summed E-state index contributed by atoms with van der Waals surface area (Å²) >= 11 is 0. The zero-order valence-electron chi connectivity index (χ0n) is 22.8. The molecule has 0 radical (unpaired) electrons. The van der Waals surface area contributed by atoms with Crippen molar-refractivity contribution in [3.8, 4) is 34.8 Å². The SMILES string of the molecule is Cc1c(O)[nH]c(O)c1C(=O)[C@@H](NC(=O)CC(NC(=O)c1ccc2c(c1)OCO2)c1ccc2c(c1)OCCO2)C(C)C. The summed E-state index contributed by atoms with van der Waals surface area (Å²) in [4.78, 5) is 42.3. The van der Waals surface area contributed by atoms with Crippen LogP contribution in [0.1, 0.15) is 58.2 Å². The zero-order valence-corrected chi connectivity index (χ0v) is 22.8. The number of amides is 2. The Balaban J connectivity index is 1.39. The van der Waals surface area contributed by atoms with Gasteiger partial charge in [-0.15, -0.1) is 0 Å². The number of fused-ring (bicyclic) bond motifs is 2. The summed E-state index contributed by atoms with van der Waals surface area (Å²) in [5, 5.41) is 25.7. The maximum atomic E-state index is 13.4. The number of nitrogens with one attached hydrogen (secondary N) is 3. The molecule has 3 heterocycles. The molecule has 1 unspecified atom stereocenters. The predicted octanol–water partition coefficient (Wildman–Crippen LogP) is 3.12. The number of rotatable bonds is 9. The van der Waals surface area contributed by atoms with Gasteiger partial charge in [-0.1, -0.05) is 19.9 Å². The van der Waals surface area contributed by atoms with Gasteiger partial charge in [-0.3, -0.25) is 19.4 Å². The molecule has 0 saturated carbocycles. The Hall–Kier alpha value is -4.87. The molecule has 5 rings (SSSR count). The first-order valence-corrected chi connectivity index (χ1v) is 13.2. The van der Waals surface area contributed by atoms with Crippen LogP contribution in [0.2, 0.25) is 0 Å². The van der Waals surface area contributed by atoms with Crippen molar-refractivity contribution in [2.75, 3.05) is 20.0 Å². The first-order chi connectivity index (χ1) is 19.6. The minimum Gasteiger partial charge on any atom is -0.494 e. The molecule has 5 N–H and O–H groups in total. The van der Waals surface area contributed by atoms with Crippen LogP contribution in [-0.4, -0.2) is 58.8 Å². The molecule has 0 spiro atoms. The lowest BCUT2D eigenvalue weighted by atomic mass is 9.93. The highest BCUT2D eigenvalue weighted by atomic mass is 16.7. The van der Waals surface area contributed by atoms with Crippen LogP contribution >= 0.6 is 0 Å².